The molecule has 0 aliphatic carbocycles. The molecule has 1 unspecified atom stereocenters. The van der Waals surface area contributed by atoms with E-state index < -0.39 is 5.97 Å². The molecule has 0 saturated carbocycles. The number of carboxylic acids is 1. The van der Waals surface area contributed by atoms with Crippen LogP contribution in [-0.2, 0) is 4.79 Å². The van der Waals surface area contributed by atoms with E-state index in [2.05, 4.69) is 10.6 Å². The number of carbonyl (C=O) groups excluding carboxylic acids is 1. The molecule has 0 aliphatic heterocycles. The predicted octanol–water partition coefficient (Wildman–Crippen LogP) is 0.491. The third kappa shape index (κ3) is 8.50. The molecule has 0 aromatic heterocycles. The van der Waals surface area contributed by atoms with Crippen molar-refractivity contribution in [2.75, 3.05) is 27.2 Å². The average Bonchev–Trinajstić information content (AvgIpc) is 2.26. The summed E-state index contributed by atoms with van der Waals surface area (Å²) in [4.78, 5) is 23.6. The van der Waals surface area contributed by atoms with Gasteiger partial charge in [-0.15, -0.1) is 0 Å². The Kier molecular flexibility index (Phi) is 8.13. The van der Waals surface area contributed by atoms with Crippen LogP contribution in [0.15, 0.2) is 0 Å². The number of amides is 2. The molecule has 0 saturated heterocycles. The van der Waals surface area contributed by atoms with E-state index in [0.29, 0.717) is 13.0 Å². The summed E-state index contributed by atoms with van der Waals surface area (Å²) in [5.41, 5.74) is 0. The summed E-state index contributed by atoms with van der Waals surface area (Å²) in [6.45, 7) is 3.35. The summed E-state index contributed by atoms with van der Waals surface area (Å²) in [6, 6.07) is -0.274. The zero-order chi connectivity index (χ0) is 13.3. The van der Waals surface area contributed by atoms with Crippen LogP contribution in [0.3, 0.4) is 0 Å². The van der Waals surface area contributed by atoms with Gasteiger partial charge in [-0.3, -0.25) is 4.79 Å². The summed E-state index contributed by atoms with van der Waals surface area (Å²) in [6.07, 6.45) is 1.42. The van der Waals surface area contributed by atoms with Crippen LogP contribution in [0.25, 0.3) is 0 Å². The van der Waals surface area contributed by atoms with Gasteiger partial charge in [-0.05, 0) is 33.4 Å². The Morgan fingerprint density at radius 3 is 2.59 bits per heavy atom. The molecule has 0 aromatic carbocycles. The largest absolute Gasteiger partial charge is 0.481 e. The van der Waals surface area contributed by atoms with Crippen LogP contribution >= 0.6 is 0 Å². The molecule has 2 amide bonds. The van der Waals surface area contributed by atoms with Crippen LogP contribution < -0.4 is 10.6 Å². The van der Waals surface area contributed by atoms with Gasteiger partial charge in [0.2, 0.25) is 0 Å². The minimum atomic E-state index is -0.839. The van der Waals surface area contributed by atoms with Crippen LogP contribution in [0.5, 0.6) is 0 Å². The summed E-state index contributed by atoms with van der Waals surface area (Å²) in [5.74, 6) is -0.839. The molecule has 0 aromatic rings. The number of rotatable bonds is 8. The van der Waals surface area contributed by atoms with Gasteiger partial charge in [0.15, 0.2) is 0 Å². The molecule has 0 fully saturated rings. The van der Waals surface area contributed by atoms with Crippen molar-refractivity contribution in [2.24, 2.45) is 0 Å². The lowest BCUT2D eigenvalue weighted by molar-refractivity contribution is -0.137. The normalized spacial score (nSPS) is 11.9. The number of nitrogens with one attached hydrogen (secondary N) is 2. The maximum Gasteiger partial charge on any atom is 0.317 e. The fraction of sp³-hybridized carbons (Fsp3) is 0.818. The molecule has 3 N–H and O–H groups in total. The van der Waals surface area contributed by atoms with Gasteiger partial charge < -0.3 is 20.6 Å². The van der Waals surface area contributed by atoms with E-state index in [4.69, 9.17) is 5.11 Å². The fourth-order valence-corrected chi connectivity index (χ4v) is 1.33. The lowest BCUT2D eigenvalue weighted by atomic mass is 10.2. The van der Waals surface area contributed by atoms with Gasteiger partial charge in [0, 0.05) is 26.1 Å². The quantitative estimate of drug-likeness (QED) is 0.544. The molecular weight excluding hydrogens is 222 g/mol. The molecule has 0 rings (SSSR count). The highest BCUT2D eigenvalue weighted by atomic mass is 16.4. The maximum atomic E-state index is 11.6. The first-order chi connectivity index (χ1) is 7.97. The van der Waals surface area contributed by atoms with Crippen LogP contribution in [0.4, 0.5) is 4.79 Å². The van der Waals surface area contributed by atoms with Gasteiger partial charge in [-0.1, -0.05) is 0 Å². The topological polar surface area (TPSA) is 81.7 Å². The van der Waals surface area contributed by atoms with Crippen LogP contribution in [0.1, 0.15) is 26.2 Å². The average molecular weight is 245 g/mol. The van der Waals surface area contributed by atoms with Crippen molar-refractivity contribution in [3.63, 3.8) is 0 Å². The molecule has 6 heteroatoms. The lowest BCUT2D eigenvalue weighted by Crippen LogP contribution is -2.42. The maximum absolute atomic E-state index is 11.6. The minimum Gasteiger partial charge on any atom is -0.481 e. The summed E-state index contributed by atoms with van der Waals surface area (Å²) in [7, 11) is 3.60. The molecule has 100 valence electrons. The van der Waals surface area contributed by atoms with Gasteiger partial charge in [0.25, 0.3) is 0 Å². The minimum absolute atomic E-state index is 0.0743. The highest BCUT2D eigenvalue weighted by Gasteiger charge is 2.12. The van der Waals surface area contributed by atoms with Gasteiger partial charge in [-0.2, -0.15) is 0 Å². The number of nitrogens with zero attached hydrogens (tertiary/aromatic N) is 1. The zero-order valence-electron chi connectivity index (χ0n) is 10.8. The molecule has 0 spiro atoms. The summed E-state index contributed by atoms with van der Waals surface area (Å²) >= 11 is 0. The zero-order valence-corrected chi connectivity index (χ0v) is 10.8. The first kappa shape index (κ1) is 15.7. The standard InChI is InChI=1S/C11H23N3O3/c1-9(5-6-10(15)16)13-11(17)14(3)8-4-7-12-2/h9,12H,4-8H2,1-3H3,(H,13,17)(H,15,16). The summed E-state index contributed by atoms with van der Waals surface area (Å²) in [5, 5.41) is 14.3. The highest BCUT2D eigenvalue weighted by Crippen LogP contribution is 1.98. The first-order valence-electron chi connectivity index (χ1n) is 5.85. The van der Waals surface area contributed by atoms with Gasteiger partial charge >= 0.3 is 12.0 Å². The Balaban J connectivity index is 3.78. The van der Waals surface area contributed by atoms with Crippen molar-refractivity contribution in [3.05, 3.63) is 0 Å². The molecule has 0 aliphatic rings. The van der Waals surface area contributed by atoms with Crippen molar-refractivity contribution in [3.8, 4) is 0 Å². The number of carbonyl (C=O) groups is 2. The van der Waals surface area contributed by atoms with Crippen molar-refractivity contribution in [1.29, 1.82) is 0 Å². The van der Waals surface area contributed by atoms with E-state index in [1.165, 1.54) is 0 Å². The molecule has 0 bridgehead atoms. The molecule has 0 heterocycles. The van der Waals surface area contributed by atoms with Gasteiger partial charge in [0.1, 0.15) is 0 Å². The second-order valence-corrected chi connectivity index (χ2v) is 4.16. The van der Waals surface area contributed by atoms with Crippen molar-refractivity contribution < 1.29 is 14.7 Å². The van der Waals surface area contributed by atoms with Crippen LogP contribution in [0.2, 0.25) is 0 Å². The van der Waals surface area contributed by atoms with Crippen LogP contribution in [-0.4, -0.2) is 55.2 Å². The predicted molar refractivity (Wildman–Crippen MR) is 66.0 cm³/mol. The Hall–Kier alpha value is -1.30. The number of carboxylic acid groups (broad SMARTS) is 1. The van der Waals surface area contributed by atoms with Gasteiger partial charge in [-0.25, -0.2) is 4.79 Å². The Labute approximate surface area is 102 Å². The lowest BCUT2D eigenvalue weighted by Gasteiger charge is -2.21. The third-order valence-corrected chi connectivity index (χ3v) is 2.43. The third-order valence-electron chi connectivity index (χ3n) is 2.43. The Morgan fingerprint density at radius 1 is 1.41 bits per heavy atom. The highest BCUT2D eigenvalue weighted by molar-refractivity contribution is 5.74. The first-order valence-corrected chi connectivity index (χ1v) is 5.85. The SMILES string of the molecule is CNCCCN(C)C(=O)NC(C)CCC(=O)O. The molecule has 1 atom stereocenters. The monoisotopic (exact) mass is 245 g/mol. The molecule has 0 radical (unpaired) electrons. The summed E-state index contributed by atoms with van der Waals surface area (Å²) < 4.78 is 0. The Bertz CT molecular complexity index is 246. The van der Waals surface area contributed by atoms with E-state index in [0.717, 1.165) is 13.0 Å². The van der Waals surface area contributed by atoms with Crippen molar-refractivity contribution >= 4 is 12.0 Å². The number of aliphatic carboxylic acids is 1. The van der Waals surface area contributed by atoms with Gasteiger partial charge in [0.05, 0.1) is 0 Å². The van der Waals surface area contributed by atoms with E-state index in [-0.39, 0.29) is 18.5 Å². The molecular formula is C11H23N3O3. The molecule has 6 nitrogen and oxygen atoms in total. The number of hydrogen-bond acceptors (Lipinski definition) is 3. The fourth-order valence-electron chi connectivity index (χ4n) is 1.33. The van der Waals surface area contributed by atoms with Crippen molar-refractivity contribution in [1.82, 2.24) is 15.5 Å². The molecule has 17 heavy (non-hydrogen) atoms. The second-order valence-electron chi connectivity index (χ2n) is 4.16. The Morgan fingerprint density at radius 2 is 2.06 bits per heavy atom. The van der Waals surface area contributed by atoms with E-state index in [1.54, 1.807) is 11.9 Å². The van der Waals surface area contributed by atoms with Crippen molar-refractivity contribution in [2.45, 2.75) is 32.2 Å². The van der Waals surface area contributed by atoms with Crippen LogP contribution in [0, 0.1) is 0 Å². The second kappa shape index (κ2) is 8.81. The van der Waals surface area contributed by atoms with E-state index in [1.807, 2.05) is 14.0 Å². The van der Waals surface area contributed by atoms with E-state index >= 15 is 0 Å². The smallest absolute Gasteiger partial charge is 0.317 e. The number of urea groups is 1. The van der Waals surface area contributed by atoms with E-state index in [9.17, 15) is 9.59 Å². The number of hydrogen-bond donors (Lipinski definition) is 3.